The van der Waals surface area contributed by atoms with Crippen LogP contribution in [0.3, 0.4) is 0 Å². The van der Waals surface area contributed by atoms with Crippen LogP contribution < -0.4 is 10.6 Å². The second kappa shape index (κ2) is 5.34. The molecule has 1 atom stereocenters. The standard InChI is InChI=1S/C8H11ClN4.ClH/c9-6-3-11-8(12-4-6)13-7-1-2-10-5-7;/h3-4,7,10H,1-2,5H2,(H,11,12,13);1H/t7-;/m0./s1. The van der Waals surface area contributed by atoms with Gasteiger partial charge in [0.2, 0.25) is 5.95 Å². The van der Waals surface area contributed by atoms with E-state index in [0.29, 0.717) is 17.0 Å². The molecule has 2 N–H and O–H groups in total. The van der Waals surface area contributed by atoms with Crippen LogP contribution in [0.4, 0.5) is 5.95 Å². The molecule has 1 aliphatic rings. The molecule has 2 rings (SSSR count). The van der Waals surface area contributed by atoms with E-state index >= 15 is 0 Å². The molecular weight excluding hydrogens is 223 g/mol. The largest absolute Gasteiger partial charge is 0.350 e. The summed E-state index contributed by atoms with van der Waals surface area (Å²) in [5, 5.41) is 7.05. The number of nitrogens with one attached hydrogen (secondary N) is 2. The molecule has 0 spiro atoms. The lowest BCUT2D eigenvalue weighted by atomic mass is 10.3. The Labute approximate surface area is 93.9 Å². The minimum Gasteiger partial charge on any atom is -0.350 e. The Morgan fingerprint density at radius 1 is 1.43 bits per heavy atom. The summed E-state index contributed by atoms with van der Waals surface area (Å²) in [5.74, 6) is 0.651. The monoisotopic (exact) mass is 234 g/mol. The van der Waals surface area contributed by atoms with E-state index in [2.05, 4.69) is 20.6 Å². The van der Waals surface area contributed by atoms with E-state index in [1.54, 1.807) is 12.4 Å². The maximum Gasteiger partial charge on any atom is 0.222 e. The Bertz CT molecular complexity index is 271. The summed E-state index contributed by atoms with van der Waals surface area (Å²) in [6.45, 7) is 2.04. The number of anilines is 1. The van der Waals surface area contributed by atoms with Gasteiger partial charge in [-0.25, -0.2) is 9.97 Å². The Kier molecular flexibility index (Phi) is 4.38. The highest BCUT2D eigenvalue weighted by atomic mass is 35.5. The molecule has 6 heteroatoms. The number of aromatic nitrogens is 2. The molecule has 0 unspecified atom stereocenters. The van der Waals surface area contributed by atoms with Gasteiger partial charge >= 0.3 is 0 Å². The molecule has 4 nitrogen and oxygen atoms in total. The van der Waals surface area contributed by atoms with Gasteiger partial charge in [0.1, 0.15) is 0 Å². The fraction of sp³-hybridized carbons (Fsp3) is 0.500. The van der Waals surface area contributed by atoms with Gasteiger partial charge in [0, 0.05) is 12.6 Å². The summed E-state index contributed by atoms with van der Waals surface area (Å²) < 4.78 is 0. The lowest BCUT2D eigenvalue weighted by molar-refractivity contribution is 0.780. The first-order valence-electron chi connectivity index (χ1n) is 4.29. The molecule has 1 aliphatic heterocycles. The predicted molar refractivity (Wildman–Crippen MR) is 59.2 cm³/mol. The molecule has 1 aromatic rings. The van der Waals surface area contributed by atoms with Crippen molar-refractivity contribution in [3.8, 4) is 0 Å². The molecule has 14 heavy (non-hydrogen) atoms. The molecule has 0 radical (unpaired) electrons. The van der Waals surface area contributed by atoms with Crippen LogP contribution >= 0.6 is 24.0 Å². The summed E-state index contributed by atoms with van der Waals surface area (Å²) in [5.41, 5.74) is 0. The van der Waals surface area contributed by atoms with Gasteiger partial charge in [0.25, 0.3) is 0 Å². The van der Waals surface area contributed by atoms with Gasteiger partial charge in [-0.1, -0.05) is 11.6 Å². The Morgan fingerprint density at radius 2 is 2.14 bits per heavy atom. The minimum atomic E-state index is 0. The molecule has 0 aliphatic carbocycles. The lowest BCUT2D eigenvalue weighted by Crippen LogP contribution is -2.23. The van der Waals surface area contributed by atoms with Gasteiger partial charge in [-0.05, 0) is 13.0 Å². The van der Waals surface area contributed by atoms with Crippen LogP contribution in [0, 0.1) is 0 Å². The first-order valence-corrected chi connectivity index (χ1v) is 4.67. The van der Waals surface area contributed by atoms with Gasteiger partial charge in [0.05, 0.1) is 17.4 Å². The average Bonchev–Trinajstić information content (AvgIpc) is 2.62. The van der Waals surface area contributed by atoms with Crippen LogP contribution in [-0.4, -0.2) is 29.1 Å². The smallest absolute Gasteiger partial charge is 0.222 e. The molecule has 0 aromatic carbocycles. The third-order valence-corrected chi connectivity index (χ3v) is 2.21. The van der Waals surface area contributed by atoms with Crippen molar-refractivity contribution in [1.82, 2.24) is 15.3 Å². The Hall–Kier alpha value is -0.580. The maximum atomic E-state index is 5.66. The number of hydrogen-bond donors (Lipinski definition) is 2. The Morgan fingerprint density at radius 3 is 2.71 bits per heavy atom. The molecule has 1 fully saturated rings. The second-order valence-electron chi connectivity index (χ2n) is 3.06. The summed E-state index contributed by atoms with van der Waals surface area (Å²) in [4.78, 5) is 8.12. The van der Waals surface area contributed by atoms with Crippen LogP contribution in [0.2, 0.25) is 5.02 Å². The minimum absolute atomic E-state index is 0. The van der Waals surface area contributed by atoms with Crippen LogP contribution in [0.1, 0.15) is 6.42 Å². The van der Waals surface area contributed by atoms with Crippen molar-refractivity contribution in [2.24, 2.45) is 0 Å². The van der Waals surface area contributed by atoms with Crippen molar-refractivity contribution in [3.05, 3.63) is 17.4 Å². The van der Waals surface area contributed by atoms with Crippen molar-refractivity contribution in [2.75, 3.05) is 18.4 Å². The number of rotatable bonds is 2. The van der Waals surface area contributed by atoms with Gasteiger partial charge < -0.3 is 10.6 Å². The molecular formula is C8H12Cl2N4. The van der Waals surface area contributed by atoms with Gasteiger partial charge in [-0.15, -0.1) is 12.4 Å². The number of hydrogen-bond acceptors (Lipinski definition) is 4. The number of halogens is 2. The van der Waals surface area contributed by atoms with E-state index in [1.165, 1.54) is 0 Å². The van der Waals surface area contributed by atoms with Crippen LogP contribution in [0.15, 0.2) is 12.4 Å². The van der Waals surface area contributed by atoms with E-state index in [0.717, 1.165) is 19.5 Å². The maximum absolute atomic E-state index is 5.66. The first-order chi connectivity index (χ1) is 6.34. The topological polar surface area (TPSA) is 49.8 Å². The second-order valence-corrected chi connectivity index (χ2v) is 3.50. The fourth-order valence-electron chi connectivity index (χ4n) is 1.35. The Balaban J connectivity index is 0.000000980. The zero-order valence-electron chi connectivity index (χ0n) is 7.53. The van der Waals surface area contributed by atoms with E-state index in [4.69, 9.17) is 11.6 Å². The zero-order chi connectivity index (χ0) is 9.10. The summed E-state index contributed by atoms with van der Waals surface area (Å²) in [6.07, 6.45) is 4.31. The van der Waals surface area contributed by atoms with E-state index < -0.39 is 0 Å². The third kappa shape index (κ3) is 2.97. The van der Waals surface area contributed by atoms with Crippen molar-refractivity contribution in [3.63, 3.8) is 0 Å². The highest BCUT2D eigenvalue weighted by Crippen LogP contribution is 2.08. The first kappa shape index (κ1) is 11.5. The normalized spacial score (nSPS) is 20.2. The molecule has 0 bridgehead atoms. The SMILES string of the molecule is Cl.Clc1cnc(N[C@H]2CCNC2)nc1. The van der Waals surface area contributed by atoms with Crippen LogP contribution in [0.25, 0.3) is 0 Å². The zero-order valence-corrected chi connectivity index (χ0v) is 9.11. The van der Waals surface area contributed by atoms with Crippen molar-refractivity contribution in [2.45, 2.75) is 12.5 Å². The summed E-state index contributed by atoms with van der Waals surface area (Å²) in [6, 6.07) is 0.446. The highest BCUT2D eigenvalue weighted by Gasteiger charge is 2.14. The van der Waals surface area contributed by atoms with Crippen molar-refractivity contribution < 1.29 is 0 Å². The third-order valence-electron chi connectivity index (χ3n) is 2.01. The molecule has 78 valence electrons. The lowest BCUT2D eigenvalue weighted by Gasteiger charge is -2.09. The quantitative estimate of drug-likeness (QED) is 0.811. The molecule has 1 aromatic heterocycles. The summed E-state index contributed by atoms with van der Waals surface area (Å²) >= 11 is 5.66. The van der Waals surface area contributed by atoms with Crippen molar-refractivity contribution in [1.29, 1.82) is 0 Å². The molecule has 0 amide bonds. The van der Waals surface area contributed by atoms with E-state index in [-0.39, 0.29) is 12.4 Å². The molecule has 2 heterocycles. The molecule has 1 saturated heterocycles. The molecule has 0 saturated carbocycles. The van der Waals surface area contributed by atoms with Crippen LogP contribution in [-0.2, 0) is 0 Å². The van der Waals surface area contributed by atoms with E-state index in [9.17, 15) is 0 Å². The van der Waals surface area contributed by atoms with Gasteiger partial charge in [-0.2, -0.15) is 0 Å². The average molecular weight is 235 g/mol. The van der Waals surface area contributed by atoms with Gasteiger partial charge in [0.15, 0.2) is 0 Å². The van der Waals surface area contributed by atoms with E-state index in [1.807, 2.05) is 0 Å². The van der Waals surface area contributed by atoms with Gasteiger partial charge in [-0.3, -0.25) is 0 Å². The van der Waals surface area contributed by atoms with Crippen molar-refractivity contribution >= 4 is 30.0 Å². The fourth-order valence-corrected chi connectivity index (χ4v) is 1.44. The number of nitrogens with zero attached hydrogens (tertiary/aromatic N) is 2. The van der Waals surface area contributed by atoms with Crippen LogP contribution in [0.5, 0.6) is 0 Å². The highest BCUT2D eigenvalue weighted by molar-refractivity contribution is 6.30. The summed E-state index contributed by atoms with van der Waals surface area (Å²) in [7, 11) is 0. The predicted octanol–water partition coefficient (Wildman–Crippen LogP) is 1.33.